The Bertz CT molecular complexity index is 422. The number of hydrogen-bond acceptors (Lipinski definition) is 2. The molecule has 0 saturated carbocycles. The fourth-order valence-corrected chi connectivity index (χ4v) is 2.84. The van der Waals surface area contributed by atoms with Gasteiger partial charge in [0.2, 0.25) is 5.91 Å². The van der Waals surface area contributed by atoms with Crippen LogP contribution in [0.15, 0.2) is 24.3 Å². The van der Waals surface area contributed by atoms with Crippen LogP contribution in [0.3, 0.4) is 0 Å². The third-order valence-electron chi connectivity index (χ3n) is 3.23. The number of piperidine rings is 1. The number of nitrogens with zero attached hydrogens (tertiary/aromatic N) is 1. The van der Waals surface area contributed by atoms with Crippen LogP contribution in [0.25, 0.3) is 0 Å². The van der Waals surface area contributed by atoms with Crippen LogP contribution in [0, 0.1) is 0 Å². The number of carbonyl (C=O) groups is 1. The van der Waals surface area contributed by atoms with Gasteiger partial charge in [0.1, 0.15) is 0 Å². The Morgan fingerprint density at radius 3 is 3.00 bits per heavy atom. The van der Waals surface area contributed by atoms with Gasteiger partial charge in [-0.2, -0.15) is 0 Å². The number of anilines is 1. The molecule has 1 atom stereocenters. The molecule has 2 rings (SSSR count). The van der Waals surface area contributed by atoms with Crippen molar-refractivity contribution in [1.29, 1.82) is 0 Å². The second-order valence-corrected chi connectivity index (χ2v) is 5.58. The van der Waals surface area contributed by atoms with Crippen LogP contribution >= 0.6 is 15.9 Å². The quantitative estimate of drug-likeness (QED) is 0.800. The van der Waals surface area contributed by atoms with Crippen molar-refractivity contribution in [3.05, 3.63) is 29.8 Å². The van der Waals surface area contributed by atoms with Gasteiger partial charge >= 0.3 is 0 Å². The van der Waals surface area contributed by atoms with E-state index in [1.54, 1.807) is 7.11 Å². The number of ether oxygens (including phenoxy) is 1. The van der Waals surface area contributed by atoms with E-state index >= 15 is 0 Å². The van der Waals surface area contributed by atoms with E-state index in [0.717, 1.165) is 31.5 Å². The van der Waals surface area contributed by atoms with E-state index in [-0.39, 0.29) is 10.7 Å². The first kappa shape index (κ1) is 13.6. The summed E-state index contributed by atoms with van der Waals surface area (Å²) in [7, 11) is 1.70. The maximum absolute atomic E-state index is 12.2. The van der Waals surface area contributed by atoms with Gasteiger partial charge in [0.15, 0.2) is 0 Å². The number of methoxy groups -OCH3 is 1. The molecule has 0 bridgehead atoms. The first-order valence-electron chi connectivity index (χ1n) is 6.26. The molecule has 1 unspecified atom stereocenters. The number of para-hydroxylation sites is 1. The molecule has 0 aliphatic carbocycles. The number of hydrogen-bond donors (Lipinski definition) is 0. The highest BCUT2D eigenvalue weighted by molar-refractivity contribution is 9.10. The highest BCUT2D eigenvalue weighted by Crippen LogP contribution is 2.27. The molecule has 1 amide bonds. The molecule has 0 spiro atoms. The van der Waals surface area contributed by atoms with Gasteiger partial charge < -0.3 is 9.64 Å². The fraction of sp³-hybridized carbons (Fsp3) is 0.500. The summed E-state index contributed by atoms with van der Waals surface area (Å²) in [6.07, 6.45) is 2.80. The number of halogens is 1. The summed E-state index contributed by atoms with van der Waals surface area (Å²) in [5.74, 6) is 0.172. The molecule has 1 saturated heterocycles. The zero-order valence-electron chi connectivity index (χ0n) is 10.6. The van der Waals surface area contributed by atoms with E-state index in [2.05, 4.69) is 22.0 Å². The summed E-state index contributed by atoms with van der Waals surface area (Å²) >= 11 is 3.45. The molecular weight excluding hydrogens is 294 g/mol. The molecule has 18 heavy (non-hydrogen) atoms. The first-order chi connectivity index (χ1) is 8.74. The molecule has 1 fully saturated rings. The zero-order chi connectivity index (χ0) is 13.0. The Labute approximate surface area is 116 Å². The molecule has 1 aromatic carbocycles. The summed E-state index contributed by atoms with van der Waals surface area (Å²) in [4.78, 5) is 14.1. The average Bonchev–Trinajstić information content (AvgIpc) is 2.40. The second kappa shape index (κ2) is 6.34. The van der Waals surface area contributed by atoms with E-state index in [1.807, 2.05) is 23.1 Å². The maximum atomic E-state index is 12.2. The van der Waals surface area contributed by atoms with Crippen molar-refractivity contribution in [1.82, 2.24) is 0 Å². The molecule has 1 aliphatic heterocycles. The highest BCUT2D eigenvalue weighted by atomic mass is 79.9. The lowest BCUT2D eigenvalue weighted by Gasteiger charge is -2.31. The van der Waals surface area contributed by atoms with Gasteiger partial charge in [0.25, 0.3) is 0 Å². The summed E-state index contributed by atoms with van der Waals surface area (Å²) < 4.78 is 5.12. The van der Waals surface area contributed by atoms with Crippen molar-refractivity contribution in [2.75, 3.05) is 25.2 Å². The van der Waals surface area contributed by atoms with E-state index < -0.39 is 0 Å². The molecule has 4 heteroatoms. The smallest absolute Gasteiger partial charge is 0.240 e. The van der Waals surface area contributed by atoms with Crippen LogP contribution < -0.4 is 4.90 Å². The Morgan fingerprint density at radius 2 is 2.22 bits per heavy atom. The summed E-state index contributed by atoms with van der Waals surface area (Å²) in [5.41, 5.74) is 2.21. The summed E-state index contributed by atoms with van der Waals surface area (Å²) in [6.45, 7) is 1.49. The molecule has 3 nitrogen and oxygen atoms in total. The van der Waals surface area contributed by atoms with E-state index in [9.17, 15) is 4.79 Å². The molecule has 1 aliphatic rings. The standard InChI is InChI=1S/C14H18BrNO2/c1-18-10-8-11-5-2-3-7-13(11)16-9-4-6-12(15)14(16)17/h2-3,5,7,12H,4,6,8-10H2,1H3. The summed E-state index contributed by atoms with van der Waals surface area (Å²) in [6, 6.07) is 8.08. The van der Waals surface area contributed by atoms with Gasteiger partial charge in [-0.15, -0.1) is 0 Å². The summed E-state index contributed by atoms with van der Waals surface area (Å²) in [5, 5.41) is 0. The van der Waals surface area contributed by atoms with Crippen molar-refractivity contribution in [3.63, 3.8) is 0 Å². The average molecular weight is 312 g/mol. The first-order valence-corrected chi connectivity index (χ1v) is 7.18. The fourth-order valence-electron chi connectivity index (χ4n) is 2.27. The molecule has 98 valence electrons. The van der Waals surface area contributed by atoms with Gasteiger partial charge in [0.05, 0.1) is 11.4 Å². The van der Waals surface area contributed by atoms with E-state index in [4.69, 9.17) is 4.74 Å². The topological polar surface area (TPSA) is 29.5 Å². The van der Waals surface area contributed by atoms with Crippen LogP contribution in [-0.4, -0.2) is 31.0 Å². The molecule has 0 N–H and O–H groups in total. The van der Waals surface area contributed by atoms with Gasteiger partial charge in [-0.05, 0) is 30.9 Å². The van der Waals surface area contributed by atoms with Crippen molar-refractivity contribution < 1.29 is 9.53 Å². The van der Waals surface area contributed by atoms with Crippen molar-refractivity contribution in [2.24, 2.45) is 0 Å². The van der Waals surface area contributed by atoms with Gasteiger partial charge in [-0.1, -0.05) is 34.1 Å². The normalized spacial score (nSPS) is 20.2. The second-order valence-electron chi connectivity index (χ2n) is 4.47. The monoisotopic (exact) mass is 311 g/mol. The van der Waals surface area contributed by atoms with Crippen LogP contribution in [0.5, 0.6) is 0 Å². The maximum Gasteiger partial charge on any atom is 0.240 e. The lowest BCUT2D eigenvalue weighted by atomic mass is 10.0. The van der Waals surface area contributed by atoms with Crippen LogP contribution in [0.1, 0.15) is 18.4 Å². The largest absolute Gasteiger partial charge is 0.384 e. The third kappa shape index (κ3) is 2.93. The Kier molecular flexibility index (Phi) is 4.78. The predicted octanol–water partition coefficient (Wildman–Crippen LogP) is 2.77. The van der Waals surface area contributed by atoms with Gasteiger partial charge in [0, 0.05) is 19.3 Å². The van der Waals surface area contributed by atoms with Crippen LogP contribution in [-0.2, 0) is 16.0 Å². The van der Waals surface area contributed by atoms with Crippen LogP contribution in [0.2, 0.25) is 0 Å². The number of benzene rings is 1. The van der Waals surface area contributed by atoms with E-state index in [1.165, 1.54) is 5.56 Å². The number of amides is 1. The molecule has 1 aromatic rings. The Balaban J connectivity index is 2.23. The number of alkyl halides is 1. The minimum atomic E-state index is -0.0401. The Morgan fingerprint density at radius 1 is 1.44 bits per heavy atom. The molecule has 0 radical (unpaired) electrons. The predicted molar refractivity (Wildman–Crippen MR) is 76.3 cm³/mol. The third-order valence-corrected chi connectivity index (χ3v) is 4.08. The number of rotatable bonds is 4. The van der Waals surface area contributed by atoms with Crippen molar-refractivity contribution >= 4 is 27.5 Å². The van der Waals surface area contributed by atoms with Gasteiger partial charge in [-0.25, -0.2) is 0 Å². The van der Waals surface area contributed by atoms with E-state index in [0.29, 0.717) is 6.61 Å². The van der Waals surface area contributed by atoms with Gasteiger partial charge in [-0.3, -0.25) is 4.79 Å². The van der Waals surface area contributed by atoms with Crippen LogP contribution in [0.4, 0.5) is 5.69 Å². The minimum absolute atomic E-state index is 0.0401. The minimum Gasteiger partial charge on any atom is -0.384 e. The molecular formula is C14H18BrNO2. The SMILES string of the molecule is COCCc1ccccc1N1CCCC(Br)C1=O. The number of carbonyl (C=O) groups excluding carboxylic acids is 1. The Hall–Kier alpha value is -0.870. The lowest BCUT2D eigenvalue weighted by Crippen LogP contribution is -2.42. The zero-order valence-corrected chi connectivity index (χ0v) is 12.1. The highest BCUT2D eigenvalue weighted by Gasteiger charge is 2.28. The molecule has 0 aromatic heterocycles. The lowest BCUT2D eigenvalue weighted by molar-refractivity contribution is -0.118. The van der Waals surface area contributed by atoms with Crippen molar-refractivity contribution in [2.45, 2.75) is 24.1 Å². The molecule has 1 heterocycles. The van der Waals surface area contributed by atoms with Crippen molar-refractivity contribution in [3.8, 4) is 0 Å².